The van der Waals surface area contributed by atoms with Crippen molar-refractivity contribution in [3.05, 3.63) is 22.7 Å². The fraction of sp³-hybridized carbons (Fsp3) is 0.333. The monoisotopic (exact) mass is 271 g/mol. The maximum atomic E-state index is 4.93. The van der Waals surface area contributed by atoms with E-state index in [4.69, 9.17) is 17.0 Å². The minimum absolute atomic E-state index is 0.820. The van der Waals surface area contributed by atoms with Crippen LogP contribution in [0.3, 0.4) is 0 Å². The van der Waals surface area contributed by atoms with Crippen LogP contribution in [0.4, 0.5) is 0 Å². The van der Waals surface area contributed by atoms with Gasteiger partial charge in [-0.05, 0) is 0 Å². The molecule has 1 unspecified atom stereocenters. The van der Waals surface area contributed by atoms with Crippen molar-refractivity contribution in [2.75, 3.05) is 0 Å². The van der Waals surface area contributed by atoms with Crippen LogP contribution in [0.5, 0.6) is 0 Å². The number of rotatable bonds is 0. The van der Waals surface area contributed by atoms with E-state index >= 15 is 0 Å². The Morgan fingerprint density at radius 3 is 2.10 bits per heavy atom. The summed E-state index contributed by atoms with van der Waals surface area (Å²) in [5.74, 6) is 5.44. The molecule has 56 valence electrons. The molecule has 1 aromatic heterocycles. The van der Waals surface area contributed by atoms with Crippen LogP contribution in [0.1, 0.15) is 11.1 Å². The van der Waals surface area contributed by atoms with Crippen LogP contribution in [-0.2, 0) is 20.8 Å². The van der Waals surface area contributed by atoms with Gasteiger partial charge in [0.15, 0.2) is 0 Å². The third-order valence-corrected chi connectivity index (χ3v) is 2.24. The van der Waals surface area contributed by atoms with E-state index in [-0.39, 0.29) is 0 Å². The zero-order valence-electron chi connectivity index (χ0n) is 5.83. The molecule has 0 nitrogen and oxygen atoms in total. The molecular formula is C6H8Cl2PZr-. The Hall–Kier alpha value is 1.24. The first kappa shape index (κ1) is 11.2. The summed E-state index contributed by atoms with van der Waals surface area (Å²) in [4.78, 5) is 0. The predicted molar refractivity (Wildman–Crippen MR) is 46.0 cm³/mol. The van der Waals surface area contributed by atoms with E-state index in [2.05, 4.69) is 25.4 Å². The van der Waals surface area contributed by atoms with Crippen molar-refractivity contribution in [3.8, 4) is 0 Å². The molecule has 0 spiro atoms. The van der Waals surface area contributed by atoms with Gasteiger partial charge in [0.1, 0.15) is 0 Å². The number of halogens is 2. The molecule has 0 saturated carbocycles. The van der Waals surface area contributed by atoms with E-state index < -0.39 is 20.8 Å². The first-order valence-corrected chi connectivity index (χ1v) is 10.1. The van der Waals surface area contributed by atoms with E-state index in [1.807, 2.05) is 0 Å². The van der Waals surface area contributed by atoms with Crippen LogP contribution in [0, 0.1) is 19.6 Å². The summed E-state index contributed by atoms with van der Waals surface area (Å²) < 4.78 is 0. The third-order valence-electron chi connectivity index (χ3n) is 1.14. The Morgan fingerprint density at radius 1 is 1.50 bits per heavy atom. The summed E-state index contributed by atoms with van der Waals surface area (Å²) in [7, 11) is 10.7. The fourth-order valence-corrected chi connectivity index (χ4v) is 1.38. The Kier molecular flexibility index (Phi) is 7.78. The van der Waals surface area contributed by atoms with Gasteiger partial charge in [0.05, 0.1) is 0 Å². The molecule has 0 amide bonds. The molecule has 0 radical (unpaired) electrons. The second-order valence-corrected chi connectivity index (χ2v) is 6.35. The summed E-state index contributed by atoms with van der Waals surface area (Å²) in [6.07, 6.45) is 0. The average molecular weight is 273 g/mol. The topological polar surface area (TPSA) is 0 Å². The summed E-state index contributed by atoms with van der Waals surface area (Å²) >= 11 is -0.826. The van der Waals surface area contributed by atoms with Crippen molar-refractivity contribution >= 4 is 25.2 Å². The molecular weight excluding hydrogens is 265 g/mol. The molecule has 1 rings (SSSR count). The molecule has 10 heavy (non-hydrogen) atoms. The van der Waals surface area contributed by atoms with Gasteiger partial charge in [-0.3, -0.25) is 8.19 Å². The van der Waals surface area contributed by atoms with Crippen molar-refractivity contribution in [2.24, 2.45) is 0 Å². The van der Waals surface area contributed by atoms with Crippen LogP contribution in [0.15, 0.2) is 5.80 Å². The summed E-state index contributed by atoms with van der Waals surface area (Å²) in [5.41, 5.74) is 2.73. The molecule has 4 heteroatoms. The van der Waals surface area contributed by atoms with Crippen LogP contribution >= 0.6 is 25.2 Å². The SMILES string of the molecule is Cc1[c-][pH]cc1C.[Cl][Zr][Cl]. The van der Waals surface area contributed by atoms with E-state index in [9.17, 15) is 0 Å². The molecule has 0 bridgehead atoms. The quantitative estimate of drug-likeness (QED) is 0.634. The van der Waals surface area contributed by atoms with Crippen LogP contribution in [-0.4, -0.2) is 0 Å². The van der Waals surface area contributed by atoms with Crippen LogP contribution in [0.2, 0.25) is 0 Å². The van der Waals surface area contributed by atoms with Crippen LogP contribution in [0.25, 0.3) is 0 Å². The van der Waals surface area contributed by atoms with Crippen molar-refractivity contribution < 1.29 is 20.8 Å². The molecule has 0 saturated heterocycles. The van der Waals surface area contributed by atoms with Gasteiger partial charge in [0.25, 0.3) is 0 Å². The van der Waals surface area contributed by atoms with Crippen molar-refractivity contribution in [2.45, 2.75) is 13.8 Å². The summed E-state index contributed by atoms with van der Waals surface area (Å²) in [6.45, 7) is 4.23. The van der Waals surface area contributed by atoms with Crippen molar-refractivity contribution in [3.63, 3.8) is 0 Å². The Morgan fingerprint density at radius 2 is 2.00 bits per heavy atom. The van der Waals surface area contributed by atoms with Gasteiger partial charge in [-0.1, -0.05) is 13.8 Å². The van der Waals surface area contributed by atoms with E-state index in [1.165, 1.54) is 11.1 Å². The van der Waals surface area contributed by atoms with Gasteiger partial charge >= 0.3 is 37.9 Å². The normalized spacial score (nSPS) is 8.80. The van der Waals surface area contributed by atoms with Gasteiger partial charge in [-0.15, -0.1) is 0 Å². The van der Waals surface area contributed by atoms with E-state index in [1.54, 1.807) is 0 Å². The van der Waals surface area contributed by atoms with Gasteiger partial charge in [-0.2, -0.15) is 22.7 Å². The minimum atomic E-state index is -0.826. The summed E-state index contributed by atoms with van der Waals surface area (Å²) in [5, 5.41) is 0. The van der Waals surface area contributed by atoms with Crippen molar-refractivity contribution in [1.29, 1.82) is 0 Å². The molecule has 0 aliphatic carbocycles. The van der Waals surface area contributed by atoms with Crippen molar-refractivity contribution in [1.82, 2.24) is 0 Å². The molecule has 0 aliphatic heterocycles. The Balaban J connectivity index is 0.000000236. The van der Waals surface area contributed by atoms with Gasteiger partial charge in [-0.25, -0.2) is 0 Å². The first-order valence-electron chi connectivity index (χ1n) is 2.71. The standard InChI is InChI=1S/C6H8P.2ClH.Zr/c1-5-3-7-4-6(5)2;;;/h3,7H,1-2H3;2*1H;/q-1;;;+2/p-2. The van der Waals surface area contributed by atoms with Gasteiger partial charge < -0.3 is 0 Å². The maximum absolute atomic E-state index is 4.93. The second kappa shape index (κ2) is 6.92. The second-order valence-electron chi connectivity index (χ2n) is 1.79. The molecule has 0 N–H and O–H groups in total. The number of aryl methyl sites for hydroxylation is 2. The van der Waals surface area contributed by atoms with Crippen LogP contribution < -0.4 is 0 Å². The Bertz CT molecular complexity index is 160. The predicted octanol–water partition coefficient (Wildman–Crippen LogP) is 3.51. The summed E-state index contributed by atoms with van der Waals surface area (Å²) in [6, 6.07) is 0. The average Bonchev–Trinajstić information content (AvgIpc) is 2.19. The molecule has 1 heterocycles. The number of hydrogen-bond acceptors (Lipinski definition) is 0. The third kappa shape index (κ3) is 4.97. The fourth-order valence-electron chi connectivity index (χ4n) is 0.459. The van der Waals surface area contributed by atoms with Gasteiger partial charge in [0.2, 0.25) is 0 Å². The molecule has 0 aliphatic rings. The van der Waals surface area contributed by atoms with E-state index in [0.29, 0.717) is 0 Å². The zero-order valence-corrected chi connectivity index (χ0v) is 10.8. The Labute approximate surface area is 82.1 Å². The molecule has 0 aromatic carbocycles. The van der Waals surface area contributed by atoms with E-state index in [0.717, 1.165) is 8.19 Å². The first-order chi connectivity index (χ1) is 4.72. The molecule has 1 atom stereocenters. The molecule has 0 fully saturated rings. The number of hydrogen-bond donors (Lipinski definition) is 0. The van der Waals surface area contributed by atoms with Gasteiger partial charge in [0, 0.05) is 0 Å². The molecule has 1 aromatic rings. The zero-order chi connectivity index (χ0) is 7.98.